The number of hydrogen-bond acceptors (Lipinski definition) is 3. The Kier molecular flexibility index (Phi) is 8.45. The minimum atomic E-state index is -0.268. The van der Waals surface area contributed by atoms with E-state index < -0.39 is 0 Å². The molecular weight excluding hydrogens is 468 g/mol. The number of rotatable bonds is 9. The fourth-order valence-corrected chi connectivity index (χ4v) is 3.62. The van der Waals surface area contributed by atoms with E-state index in [-0.39, 0.29) is 24.3 Å². The molecule has 0 atom stereocenters. The molecule has 2 amide bonds. The van der Waals surface area contributed by atoms with Crippen LogP contribution in [0.25, 0.3) is 0 Å². The third-order valence-corrected chi connectivity index (χ3v) is 5.36. The zero-order chi connectivity index (χ0) is 22.9. The number of aryl methyl sites for hydroxylation is 1. The number of amides is 2. The van der Waals surface area contributed by atoms with Crippen molar-refractivity contribution in [3.63, 3.8) is 0 Å². The molecule has 0 bridgehead atoms. The maximum Gasteiger partial charge on any atom is 0.262 e. The van der Waals surface area contributed by atoms with Crippen molar-refractivity contribution in [2.75, 3.05) is 17.2 Å². The van der Waals surface area contributed by atoms with Crippen LogP contribution in [0.15, 0.2) is 77.3 Å². The van der Waals surface area contributed by atoms with Gasteiger partial charge in [0, 0.05) is 22.3 Å². The average molecular weight is 495 g/mol. The van der Waals surface area contributed by atoms with Gasteiger partial charge in [-0.1, -0.05) is 66.2 Å². The topological polar surface area (TPSA) is 67.4 Å². The lowest BCUT2D eigenvalue weighted by atomic mass is 10.0. The Bertz CT molecular complexity index is 1070. The second-order valence-corrected chi connectivity index (χ2v) is 8.70. The zero-order valence-electron chi connectivity index (χ0n) is 18.2. The highest BCUT2D eigenvalue weighted by atomic mass is 79.9. The molecule has 5 nitrogen and oxygen atoms in total. The standard InChI is InChI=1S/C26H27BrN2O3/c1-18(2)23-15-20(27)12-13-24(23)32-17-26(31)29-22-10-6-9-21(16-22)28-25(30)14-11-19-7-4-3-5-8-19/h3-10,12-13,15-16,18H,11,14,17H2,1-2H3,(H,28,30)(H,29,31). The van der Waals surface area contributed by atoms with Gasteiger partial charge in [-0.25, -0.2) is 0 Å². The molecule has 0 aliphatic heterocycles. The van der Waals surface area contributed by atoms with E-state index in [1.54, 1.807) is 24.3 Å². The predicted octanol–water partition coefficient (Wildman–Crippen LogP) is 6.16. The molecule has 3 aromatic rings. The molecular formula is C26H27BrN2O3. The molecule has 0 unspecified atom stereocenters. The van der Waals surface area contributed by atoms with Crippen LogP contribution in [0.1, 0.15) is 37.3 Å². The second-order valence-electron chi connectivity index (χ2n) is 7.79. The van der Waals surface area contributed by atoms with E-state index in [1.807, 2.05) is 48.5 Å². The van der Waals surface area contributed by atoms with E-state index in [0.717, 1.165) is 15.6 Å². The Morgan fingerprint density at radius 1 is 0.875 bits per heavy atom. The summed E-state index contributed by atoms with van der Waals surface area (Å²) in [5.41, 5.74) is 3.39. The Balaban J connectivity index is 1.52. The highest BCUT2D eigenvalue weighted by molar-refractivity contribution is 9.10. The van der Waals surface area contributed by atoms with Crippen LogP contribution in [0.2, 0.25) is 0 Å². The number of ether oxygens (including phenoxy) is 1. The fourth-order valence-electron chi connectivity index (χ4n) is 3.24. The SMILES string of the molecule is CC(C)c1cc(Br)ccc1OCC(=O)Nc1cccc(NC(=O)CCc2ccccc2)c1. The van der Waals surface area contributed by atoms with E-state index in [2.05, 4.69) is 40.4 Å². The van der Waals surface area contributed by atoms with E-state index in [9.17, 15) is 9.59 Å². The molecule has 0 aliphatic rings. The van der Waals surface area contributed by atoms with Gasteiger partial charge in [0.2, 0.25) is 5.91 Å². The van der Waals surface area contributed by atoms with Gasteiger partial charge in [-0.2, -0.15) is 0 Å². The van der Waals surface area contributed by atoms with E-state index in [4.69, 9.17) is 4.74 Å². The van der Waals surface area contributed by atoms with E-state index in [1.165, 1.54) is 0 Å². The van der Waals surface area contributed by atoms with Gasteiger partial charge in [-0.15, -0.1) is 0 Å². The number of carbonyl (C=O) groups excluding carboxylic acids is 2. The Morgan fingerprint density at radius 3 is 2.25 bits per heavy atom. The molecule has 0 radical (unpaired) electrons. The lowest BCUT2D eigenvalue weighted by molar-refractivity contribution is -0.118. The monoisotopic (exact) mass is 494 g/mol. The molecule has 166 valence electrons. The van der Waals surface area contributed by atoms with Gasteiger partial charge >= 0.3 is 0 Å². The molecule has 0 aromatic heterocycles. The van der Waals surface area contributed by atoms with Crippen molar-refractivity contribution in [3.05, 3.63) is 88.4 Å². The summed E-state index contributed by atoms with van der Waals surface area (Å²) in [6, 6.07) is 22.7. The van der Waals surface area contributed by atoms with Gasteiger partial charge in [0.15, 0.2) is 6.61 Å². The lowest BCUT2D eigenvalue weighted by Gasteiger charge is -2.14. The van der Waals surface area contributed by atoms with Crippen molar-refractivity contribution in [3.8, 4) is 5.75 Å². The van der Waals surface area contributed by atoms with Crippen LogP contribution >= 0.6 is 15.9 Å². The fraction of sp³-hybridized carbons (Fsp3) is 0.231. The maximum atomic E-state index is 12.4. The summed E-state index contributed by atoms with van der Waals surface area (Å²) in [4.78, 5) is 24.7. The molecule has 0 spiro atoms. The largest absolute Gasteiger partial charge is 0.483 e. The number of anilines is 2. The molecule has 3 aromatic carbocycles. The van der Waals surface area contributed by atoms with Gasteiger partial charge in [0.25, 0.3) is 5.91 Å². The molecule has 32 heavy (non-hydrogen) atoms. The summed E-state index contributed by atoms with van der Waals surface area (Å²) in [5, 5.41) is 5.70. The normalized spacial score (nSPS) is 10.6. The summed E-state index contributed by atoms with van der Waals surface area (Å²) in [6.45, 7) is 4.05. The van der Waals surface area contributed by atoms with Crippen LogP contribution in [0, 0.1) is 0 Å². The minimum absolute atomic E-state index is 0.0721. The molecule has 6 heteroatoms. The average Bonchev–Trinajstić information content (AvgIpc) is 2.77. The second kappa shape index (κ2) is 11.5. The summed E-state index contributed by atoms with van der Waals surface area (Å²) in [5.74, 6) is 0.623. The van der Waals surface area contributed by atoms with Gasteiger partial charge in [-0.05, 0) is 59.9 Å². The van der Waals surface area contributed by atoms with Crippen LogP contribution in [0.3, 0.4) is 0 Å². The quantitative estimate of drug-likeness (QED) is 0.374. The number of hydrogen-bond donors (Lipinski definition) is 2. The Hall–Kier alpha value is -3.12. The molecule has 0 saturated carbocycles. The third-order valence-electron chi connectivity index (χ3n) is 4.87. The summed E-state index contributed by atoms with van der Waals surface area (Å²) >= 11 is 3.47. The zero-order valence-corrected chi connectivity index (χ0v) is 19.8. The number of carbonyl (C=O) groups is 2. The smallest absolute Gasteiger partial charge is 0.262 e. The van der Waals surface area contributed by atoms with E-state index >= 15 is 0 Å². The molecule has 0 saturated heterocycles. The lowest BCUT2D eigenvalue weighted by Crippen LogP contribution is -2.21. The Morgan fingerprint density at radius 2 is 1.56 bits per heavy atom. The molecule has 2 N–H and O–H groups in total. The highest BCUT2D eigenvalue weighted by Crippen LogP contribution is 2.29. The first-order valence-electron chi connectivity index (χ1n) is 10.6. The summed E-state index contributed by atoms with van der Waals surface area (Å²) in [6.07, 6.45) is 1.06. The molecule has 0 heterocycles. The van der Waals surface area contributed by atoms with E-state index in [0.29, 0.717) is 30.0 Å². The van der Waals surface area contributed by atoms with Crippen molar-refractivity contribution in [1.29, 1.82) is 0 Å². The summed E-state index contributed by atoms with van der Waals surface area (Å²) in [7, 11) is 0. The molecule has 0 aliphatic carbocycles. The van der Waals surface area contributed by atoms with Gasteiger partial charge in [0.05, 0.1) is 0 Å². The van der Waals surface area contributed by atoms with Gasteiger partial charge < -0.3 is 15.4 Å². The van der Waals surface area contributed by atoms with Crippen molar-refractivity contribution >= 4 is 39.1 Å². The maximum absolute atomic E-state index is 12.4. The van der Waals surface area contributed by atoms with Crippen molar-refractivity contribution in [2.24, 2.45) is 0 Å². The van der Waals surface area contributed by atoms with Crippen LogP contribution in [-0.2, 0) is 16.0 Å². The number of benzene rings is 3. The van der Waals surface area contributed by atoms with Crippen LogP contribution < -0.4 is 15.4 Å². The summed E-state index contributed by atoms with van der Waals surface area (Å²) < 4.78 is 6.73. The first kappa shape index (κ1) is 23.5. The van der Waals surface area contributed by atoms with Crippen LogP contribution in [-0.4, -0.2) is 18.4 Å². The number of halogens is 1. The van der Waals surface area contributed by atoms with Gasteiger partial charge in [0.1, 0.15) is 5.75 Å². The first-order valence-corrected chi connectivity index (χ1v) is 11.4. The molecule has 0 fully saturated rings. The number of nitrogens with one attached hydrogen (secondary N) is 2. The molecule has 3 rings (SSSR count). The Labute approximate surface area is 197 Å². The van der Waals surface area contributed by atoms with Crippen LogP contribution in [0.5, 0.6) is 5.75 Å². The third kappa shape index (κ3) is 7.24. The predicted molar refractivity (Wildman–Crippen MR) is 132 cm³/mol. The van der Waals surface area contributed by atoms with Crippen molar-refractivity contribution in [1.82, 2.24) is 0 Å². The minimum Gasteiger partial charge on any atom is -0.483 e. The first-order chi connectivity index (χ1) is 15.4. The van der Waals surface area contributed by atoms with Crippen molar-refractivity contribution in [2.45, 2.75) is 32.6 Å². The highest BCUT2D eigenvalue weighted by Gasteiger charge is 2.11. The van der Waals surface area contributed by atoms with Crippen LogP contribution in [0.4, 0.5) is 11.4 Å². The van der Waals surface area contributed by atoms with Crippen molar-refractivity contribution < 1.29 is 14.3 Å². The van der Waals surface area contributed by atoms with Gasteiger partial charge in [-0.3, -0.25) is 9.59 Å².